The van der Waals surface area contributed by atoms with E-state index in [2.05, 4.69) is 21.2 Å². The third kappa shape index (κ3) is 4.34. The molecule has 2 amide bonds. The van der Waals surface area contributed by atoms with Crippen LogP contribution in [0.4, 0.5) is 0 Å². The van der Waals surface area contributed by atoms with E-state index < -0.39 is 0 Å². The summed E-state index contributed by atoms with van der Waals surface area (Å²) in [6.45, 7) is 3.35. The molecule has 32 heavy (non-hydrogen) atoms. The monoisotopic (exact) mass is 495 g/mol. The Morgan fingerprint density at radius 3 is 2.41 bits per heavy atom. The number of carbonyl (C=O) groups is 2. The van der Waals surface area contributed by atoms with Gasteiger partial charge in [0, 0.05) is 40.8 Å². The molecule has 1 aromatic heterocycles. The number of nitrogens with one attached hydrogen (secondary N) is 1. The largest absolute Gasteiger partial charge is 0.349 e. The maximum Gasteiger partial charge on any atom is 0.253 e. The smallest absolute Gasteiger partial charge is 0.253 e. The minimum absolute atomic E-state index is 0.0263. The van der Waals surface area contributed by atoms with Gasteiger partial charge < -0.3 is 10.2 Å². The third-order valence-corrected chi connectivity index (χ3v) is 8.15. The summed E-state index contributed by atoms with van der Waals surface area (Å²) in [6.07, 6.45) is 6.63. The van der Waals surface area contributed by atoms with Crippen LogP contribution in [-0.4, -0.2) is 40.8 Å². The summed E-state index contributed by atoms with van der Waals surface area (Å²) in [6, 6.07) is 11.7. The predicted molar refractivity (Wildman–Crippen MR) is 128 cm³/mol. The van der Waals surface area contributed by atoms with Gasteiger partial charge in [0.05, 0.1) is 11.3 Å². The fourth-order valence-corrected chi connectivity index (χ4v) is 6.14. The fourth-order valence-electron chi connectivity index (χ4n) is 5.88. The molecule has 3 aliphatic rings. The minimum Gasteiger partial charge on any atom is -0.349 e. The van der Waals surface area contributed by atoms with Gasteiger partial charge in [-0.1, -0.05) is 22.4 Å². The lowest BCUT2D eigenvalue weighted by molar-refractivity contribution is 0.0710. The number of benzene rings is 1. The van der Waals surface area contributed by atoms with Crippen molar-refractivity contribution in [2.75, 3.05) is 13.1 Å². The number of aryl methyl sites for hydroxylation is 1. The maximum atomic E-state index is 13.2. The summed E-state index contributed by atoms with van der Waals surface area (Å²) in [7, 11) is 0. The van der Waals surface area contributed by atoms with Crippen LogP contribution in [0.1, 0.15) is 76.5 Å². The molecule has 1 saturated heterocycles. The summed E-state index contributed by atoms with van der Waals surface area (Å²) in [5.41, 5.74) is 3.27. The van der Waals surface area contributed by atoms with E-state index in [0.29, 0.717) is 30.6 Å². The summed E-state index contributed by atoms with van der Waals surface area (Å²) in [5, 5.41) is 3.33. The van der Waals surface area contributed by atoms with E-state index in [1.54, 1.807) is 0 Å². The first-order valence-corrected chi connectivity index (χ1v) is 12.6. The SMILES string of the molecule is Cc1ccc(C(=O)N[C@H]2C[C@H]3CC[C@H]2C3)c(C2CCN(C(=O)c3ccc(Br)cc3)CC2)n1. The molecule has 168 valence electrons. The van der Waals surface area contributed by atoms with Crippen LogP contribution < -0.4 is 5.32 Å². The number of rotatable bonds is 4. The molecule has 5 rings (SSSR count). The van der Waals surface area contributed by atoms with Crippen LogP contribution in [0.3, 0.4) is 0 Å². The topological polar surface area (TPSA) is 62.3 Å². The van der Waals surface area contributed by atoms with Crippen LogP contribution in [0.25, 0.3) is 0 Å². The molecule has 0 spiro atoms. The number of carbonyl (C=O) groups excluding carboxylic acids is 2. The first-order chi connectivity index (χ1) is 15.5. The van der Waals surface area contributed by atoms with E-state index in [1.807, 2.05) is 48.2 Å². The molecule has 1 aromatic carbocycles. The highest BCUT2D eigenvalue weighted by Crippen LogP contribution is 2.44. The molecule has 0 unspecified atom stereocenters. The van der Waals surface area contributed by atoms with Crippen molar-refractivity contribution >= 4 is 27.7 Å². The van der Waals surface area contributed by atoms with Gasteiger partial charge in [-0.2, -0.15) is 0 Å². The average Bonchev–Trinajstić information content (AvgIpc) is 3.42. The number of amides is 2. The number of nitrogens with zero attached hydrogens (tertiary/aromatic N) is 2. The number of hydrogen-bond donors (Lipinski definition) is 1. The van der Waals surface area contributed by atoms with Gasteiger partial charge in [-0.3, -0.25) is 14.6 Å². The molecule has 2 bridgehead atoms. The highest BCUT2D eigenvalue weighted by Gasteiger charge is 2.40. The first kappa shape index (κ1) is 21.6. The lowest BCUT2D eigenvalue weighted by atomic mass is 9.89. The van der Waals surface area contributed by atoms with Crippen molar-refractivity contribution in [2.45, 2.75) is 57.4 Å². The minimum atomic E-state index is 0.0263. The number of halogens is 1. The van der Waals surface area contributed by atoms with Gasteiger partial charge >= 0.3 is 0 Å². The van der Waals surface area contributed by atoms with Crippen molar-refractivity contribution in [3.63, 3.8) is 0 Å². The number of aromatic nitrogens is 1. The van der Waals surface area contributed by atoms with Crippen LogP contribution in [-0.2, 0) is 0 Å². The van der Waals surface area contributed by atoms with Crippen molar-refractivity contribution in [1.29, 1.82) is 0 Å². The van der Waals surface area contributed by atoms with Crippen LogP contribution in [0.15, 0.2) is 40.9 Å². The Bertz CT molecular complexity index is 1010. The maximum absolute atomic E-state index is 13.2. The highest BCUT2D eigenvalue weighted by atomic mass is 79.9. The van der Waals surface area contributed by atoms with Crippen LogP contribution in [0, 0.1) is 18.8 Å². The molecule has 2 aromatic rings. The molecular weight excluding hydrogens is 466 g/mol. The van der Waals surface area contributed by atoms with Crippen molar-refractivity contribution in [3.8, 4) is 0 Å². The van der Waals surface area contributed by atoms with Crippen molar-refractivity contribution in [3.05, 3.63) is 63.4 Å². The van der Waals surface area contributed by atoms with Gasteiger partial charge in [0.15, 0.2) is 0 Å². The van der Waals surface area contributed by atoms with E-state index in [1.165, 1.54) is 19.3 Å². The van der Waals surface area contributed by atoms with Crippen LogP contribution >= 0.6 is 15.9 Å². The van der Waals surface area contributed by atoms with Gasteiger partial charge in [0.1, 0.15) is 0 Å². The number of hydrogen-bond acceptors (Lipinski definition) is 3. The summed E-state index contributed by atoms with van der Waals surface area (Å²) < 4.78 is 0.967. The van der Waals surface area contributed by atoms with Crippen LogP contribution in [0.2, 0.25) is 0 Å². The number of pyridine rings is 1. The molecular formula is C26H30BrN3O2. The molecule has 3 fully saturated rings. The average molecular weight is 496 g/mol. The van der Waals surface area contributed by atoms with Crippen LogP contribution in [0.5, 0.6) is 0 Å². The van der Waals surface area contributed by atoms with Gasteiger partial charge in [-0.25, -0.2) is 0 Å². The molecule has 5 nitrogen and oxygen atoms in total. The normalized spacial score (nSPS) is 25.2. The van der Waals surface area contributed by atoms with E-state index >= 15 is 0 Å². The molecule has 0 radical (unpaired) electrons. The Morgan fingerprint density at radius 2 is 1.75 bits per heavy atom. The van der Waals surface area contributed by atoms with E-state index in [9.17, 15) is 9.59 Å². The lowest BCUT2D eigenvalue weighted by Gasteiger charge is -2.33. The van der Waals surface area contributed by atoms with Crippen molar-refractivity contribution in [1.82, 2.24) is 15.2 Å². The van der Waals surface area contributed by atoms with Crippen molar-refractivity contribution in [2.24, 2.45) is 11.8 Å². The van der Waals surface area contributed by atoms with Crippen molar-refractivity contribution < 1.29 is 9.59 Å². The van der Waals surface area contributed by atoms with Gasteiger partial charge in [0.2, 0.25) is 0 Å². The zero-order chi connectivity index (χ0) is 22.2. The number of piperidine rings is 1. The Kier molecular flexibility index (Phi) is 6.06. The van der Waals surface area contributed by atoms with E-state index in [-0.39, 0.29) is 17.7 Å². The Balaban J connectivity index is 1.27. The molecule has 2 saturated carbocycles. The summed E-state index contributed by atoms with van der Waals surface area (Å²) in [5.74, 6) is 1.75. The van der Waals surface area contributed by atoms with Gasteiger partial charge in [0.25, 0.3) is 11.8 Å². The van der Waals surface area contributed by atoms with Gasteiger partial charge in [-0.05, 0) is 87.3 Å². The molecule has 1 aliphatic heterocycles. The second kappa shape index (κ2) is 8.97. The molecule has 3 atom stereocenters. The number of likely N-dealkylation sites (tertiary alicyclic amines) is 1. The molecule has 6 heteroatoms. The Hall–Kier alpha value is -2.21. The third-order valence-electron chi connectivity index (χ3n) is 7.62. The highest BCUT2D eigenvalue weighted by molar-refractivity contribution is 9.10. The van der Waals surface area contributed by atoms with E-state index in [4.69, 9.17) is 4.98 Å². The predicted octanol–water partition coefficient (Wildman–Crippen LogP) is 5.09. The molecule has 2 heterocycles. The summed E-state index contributed by atoms with van der Waals surface area (Å²) in [4.78, 5) is 32.8. The standard InChI is InChI=1S/C26H30BrN3O2/c1-16-2-9-22(25(31)29-23-15-17-3-4-20(23)14-17)24(28-16)18-10-12-30(13-11-18)26(32)19-5-7-21(27)8-6-19/h2,5-9,17-18,20,23H,3-4,10-15H2,1H3,(H,29,31)/t17-,20-,23-/m0/s1. The second-order valence-electron chi connectivity index (χ2n) is 9.71. The Labute approximate surface area is 198 Å². The first-order valence-electron chi connectivity index (χ1n) is 11.8. The molecule has 1 N–H and O–H groups in total. The fraction of sp³-hybridized carbons (Fsp3) is 0.500. The zero-order valence-corrected chi connectivity index (χ0v) is 20.1. The van der Waals surface area contributed by atoms with Gasteiger partial charge in [-0.15, -0.1) is 0 Å². The Morgan fingerprint density at radius 1 is 1.00 bits per heavy atom. The number of fused-ring (bicyclic) bond motifs is 2. The zero-order valence-electron chi connectivity index (χ0n) is 18.5. The summed E-state index contributed by atoms with van der Waals surface area (Å²) >= 11 is 3.42. The molecule has 2 aliphatic carbocycles. The quantitative estimate of drug-likeness (QED) is 0.642. The second-order valence-corrected chi connectivity index (χ2v) is 10.6. The van der Waals surface area contributed by atoms with E-state index in [0.717, 1.165) is 46.6 Å². The lowest BCUT2D eigenvalue weighted by Crippen LogP contribution is -2.40.